The van der Waals surface area contributed by atoms with Crippen LogP contribution < -0.4 is 4.74 Å². The van der Waals surface area contributed by atoms with Gasteiger partial charge >= 0.3 is 6.18 Å². The fourth-order valence-corrected chi connectivity index (χ4v) is 11.7. The van der Waals surface area contributed by atoms with Gasteiger partial charge in [-0.3, -0.25) is 0 Å². The molecule has 0 saturated heterocycles. The van der Waals surface area contributed by atoms with Gasteiger partial charge in [0.25, 0.3) is 0 Å². The van der Waals surface area contributed by atoms with E-state index < -0.39 is 29.2 Å². The van der Waals surface area contributed by atoms with E-state index in [1.807, 2.05) is 39.8 Å². The second-order valence-corrected chi connectivity index (χ2v) is 25.1. The molecule has 0 aliphatic heterocycles. The standard InChI is InChI=1S/C12H16Cl2O2.C11H16.C10H10ClF3.C10H13Cl.C9H9Cl2F.C9H10ClF.C9H10F2/c1-8(2)12-10(13)6-9(7-11(12)14)16-5-4-15-3;1-8(2)11-9(3)6-5-7-10(11)4;1-6(2)9-7(10(12,13)14)4-3-5-8(9)11;1-7(2)9-6-8(3)4-5-10(9)11;1-5(2)8-6(10)3-4-7(12)9(8)11;2*1-6(2)9-7(10)4-3-5-8(9)11/h6-8H,4-5H2,1-3H3;5-8H,1-4H3;3-6H,1-2H3;4-7H,1-3H3;3-5H,1-2H3;2*3-6H,1-2H3. The highest BCUT2D eigenvalue weighted by Crippen LogP contribution is 2.39. The highest BCUT2D eigenvalue weighted by molar-refractivity contribution is 6.37. The first-order chi connectivity index (χ1) is 39.9. The van der Waals surface area contributed by atoms with E-state index in [9.17, 15) is 30.7 Å². The molecule has 0 aliphatic rings. The average Bonchev–Trinajstić information content (AvgIpc) is 1.64. The van der Waals surface area contributed by atoms with E-state index in [0.29, 0.717) is 67.9 Å². The van der Waals surface area contributed by atoms with Crippen LogP contribution in [-0.2, 0) is 10.9 Å². The summed E-state index contributed by atoms with van der Waals surface area (Å²) in [5.41, 5.74) is 8.81. The maximum atomic E-state index is 13.0. The predicted molar refractivity (Wildman–Crippen MR) is 355 cm³/mol. The number of ether oxygens (including phenoxy) is 2. The lowest BCUT2D eigenvalue weighted by atomic mass is 9.94. The van der Waals surface area contributed by atoms with Crippen molar-refractivity contribution in [2.45, 2.75) is 165 Å². The van der Waals surface area contributed by atoms with Gasteiger partial charge in [0.2, 0.25) is 0 Å². The summed E-state index contributed by atoms with van der Waals surface area (Å²) in [4.78, 5) is 0. The number of methoxy groups -OCH3 is 1. The molecule has 0 spiro atoms. The van der Waals surface area contributed by atoms with Crippen molar-refractivity contribution in [2.75, 3.05) is 20.3 Å². The van der Waals surface area contributed by atoms with Crippen LogP contribution in [0.1, 0.15) is 200 Å². The van der Waals surface area contributed by atoms with Crippen molar-refractivity contribution >= 4 is 81.2 Å². The Bertz CT molecular complexity index is 2960. The minimum absolute atomic E-state index is 0.101. The molecule has 7 rings (SSSR count). The number of hydrogen-bond donors (Lipinski definition) is 0. The van der Waals surface area contributed by atoms with Gasteiger partial charge in [-0.2, -0.15) is 13.2 Å². The highest BCUT2D eigenvalue weighted by atomic mass is 35.5. The molecule has 0 fully saturated rings. The topological polar surface area (TPSA) is 18.5 Å². The summed E-state index contributed by atoms with van der Waals surface area (Å²) in [5, 5.41) is 3.53. The van der Waals surface area contributed by atoms with Gasteiger partial charge in [-0.1, -0.05) is 232 Å². The summed E-state index contributed by atoms with van der Waals surface area (Å²) in [6.07, 6.45) is -4.33. The Labute approximate surface area is 544 Å². The molecule has 0 aromatic heterocycles. The fourth-order valence-electron chi connectivity index (χ4n) is 8.85. The quantitative estimate of drug-likeness (QED) is 0.0730. The minimum Gasteiger partial charge on any atom is -0.491 e. The molecule has 0 heterocycles. The second kappa shape index (κ2) is 39.1. The van der Waals surface area contributed by atoms with Gasteiger partial charge in [0.15, 0.2) is 0 Å². The highest BCUT2D eigenvalue weighted by Gasteiger charge is 2.34. The Morgan fingerprint density at radius 1 is 0.372 bits per heavy atom. The first-order valence-corrected chi connectivity index (χ1v) is 30.9. The van der Waals surface area contributed by atoms with E-state index in [4.69, 9.17) is 90.7 Å². The molecule has 0 unspecified atom stereocenters. The molecule has 0 saturated carbocycles. The van der Waals surface area contributed by atoms with Gasteiger partial charge in [0.1, 0.15) is 35.6 Å². The Balaban J connectivity index is 0.000000504. The average molecular weight is 1340 g/mol. The molecular formula is C70H84Cl7F7O2. The monoisotopic (exact) mass is 1330 g/mol. The maximum Gasteiger partial charge on any atom is 0.416 e. The molecule has 0 bridgehead atoms. The largest absolute Gasteiger partial charge is 0.491 e. The van der Waals surface area contributed by atoms with Crippen LogP contribution in [0.2, 0.25) is 35.2 Å². The molecule has 474 valence electrons. The summed E-state index contributed by atoms with van der Waals surface area (Å²) in [7, 11) is 1.63. The lowest BCUT2D eigenvalue weighted by Gasteiger charge is -2.16. The van der Waals surface area contributed by atoms with Gasteiger partial charge in [0, 0.05) is 48.4 Å². The van der Waals surface area contributed by atoms with Gasteiger partial charge in [-0.05, 0) is 168 Å². The molecule has 0 atom stereocenters. The van der Waals surface area contributed by atoms with Crippen LogP contribution in [0.15, 0.2) is 115 Å². The number of alkyl halides is 3. The van der Waals surface area contributed by atoms with Crippen LogP contribution in [-0.4, -0.2) is 20.3 Å². The van der Waals surface area contributed by atoms with Crippen LogP contribution in [0.25, 0.3) is 0 Å². The Hall–Kier alpha value is -4.16. The number of benzene rings is 7. The van der Waals surface area contributed by atoms with Crippen LogP contribution in [0.5, 0.6) is 5.75 Å². The van der Waals surface area contributed by atoms with Crippen molar-refractivity contribution < 1.29 is 40.2 Å². The van der Waals surface area contributed by atoms with Gasteiger partial charge in [-0.15, -0.1) is 0 Å². The third-order valence-corrected chi connectivity index (χ3v) is 15.2. The first-order valence-electron chi connectivity index (χ1n) is 28.2. The van der Waals surface area contributed by atoms with E-state index in [-0.39, 0.29) is 50.7 Å². The first kappa shape index (κ1) is 79.9. The van der Waals surface area contributed by atoms with E-state index in [2.05, 4.69) is 86.6 Å². The van der Waals surface area contributed by atoms with Crippen LogP contribution in [0.3, 0.4) is 0 Å². The van der Waals surface area contributed by atoms with Crippen molar-refractivity contribution in [3.8, 4) is 5.75 Å². The summed E-state index contributed by atoms with van der Waals surface area (Å²) in [5.74, 6) is 0.543. The van der Waals surface area contributed by atoms with E-state index in [1.54, 1.807) is 59.1 Å². The normalized spacial score (nSPS) is 11.0. The third-order valence-electron chi connectivity index (χ3n) is 12.8. The molecular weight excluding hydrogens is 1250 g/mol. The molecule has 16 heteroatoms. The number of aryl methyl sites for hydroxylation is 3. The van der Waals surface area contributed by atoms with Crippen molar-refractivity contribution in [2.24, 2.45) is 0 Å². The summed E-state index contributed by atoms with van der Waals surface area (Å²) >= 11 is 41.4. The smallest absolute Gasteiger partial charge is 0.416 e. The second-order valence-electron chi connectivity index (χ2n) is 22.3. The molecule has 0 N–H and O–H groups in total. The Kier molecular flexibility index (Phi) is 36.3. The van der Waals surface area contributed by atoms with Gasteiger partial charge in [-0.25, -0.2) is 17.6 Å². The van der Waals surface area contributed by atoms with Crippen LogP contribution in [0, 0.1) is 44.0 Å². The lowest BCUT2D eigenvalue weighted by molar-refractivity contribution is -0.138. The summed E-state index contributed by atoms with van der Waals surface area (Å²) in [6.45, 7) is 35.0. The minimum atomic E-state index is -4.33. The molecule has 7 aromatic rings. The zero-order valence-electron chi connectivity index (χ0n) is 52.5. The Morgan fingerprint density at radius 2 is 0.767 bits per heavy atom. The fraction of sp³-hybridized carbons (Fsp3) is 0.400. The zero-order chi connectivity index (χ0) is 66.1. The van der Waals surface area contributed by atoms with Gasteiger partial charge in [0.05, 0.1) is 17.2 Å². The third kappa shape index (κ3) is 26.5. The van der Waals surface area contributed by atoms with Crippen molar-refractivity contribution in [3.05, 3.63) is 235 Å². The predicted octanol–water partition coefficient (Wildman–Crippen LogP) is 26.8. The SMILES string of the molecule is CC(C)c1c(Cl)ccc(F)c1Cl.CC(C)c1c(Cl)cccc1C(F)(F)F.CC(C)c1c(F)cccc1Cl.CC(C)c1c(F)cccc1F.COCCOc1cc(Cl)c(C(C)C)c(Cl)c1.Cc1ccc(Cl)c(C(C)C)c1.Cc1cccc(C)c1C(C)C. The van der Waals surface area contributed by atoms with E-state index in [0.717, 1.165) is 16.7 Å². The van der Waals surface area contributed by atoms with Crippen molar-refractivity contribution in [1.29, 1.82) is 0 Å². The molecule has 7 aromatic carbocycles. The molecule has 2 nitrogen and oxygen atoms in total. The molecule has 0 aliphatic carbocycles. The number of hydrogen-bond acceptors (Lipinski definition) is 2. The van der Waals surface area contributed by atoms with Crippen molar-refractivity contribution in [3.63, 3.8) is 0 Å². The van der Waals surface area contributed by atoms with Crippen LogP contribution in [0.4, 0.5) is 30.7 Å². The lowest BCUT2D eigenvalue weighted by Crippen LogP contribution is -2.10. The summed E-state index contributed by atoms with van der Waals surface area (Å²) in [6, 6.07) is 31.5. The van der Waals surface area contributed by atoms with Gasteiger partial charge < -0.3 is 9.47 Å². The Morgan fingerprint density at radius 3 is 1.12 bits per heavy atom. The number of rotatable bonds is 11. The molecule has 0 radical (unpaired) electrons. The molecule has 86 heavy (non-hydrogen) atoms. The van der Waals surface area contributed by atoms with Crippen LogP contribution >= 0.6 is 81.2 Å². The molecule has 0 amide bonds. The van der Waals surface area contributed by atoms with E-state index >= 15 is 0 Å². The van der Waals surface area contributed by atoms with E-state index in [1.165, 1.54) is 76.3 Å². The zero-order valence-corrected chi connectivity index (χ0v) is 57.8. The number of halogens is 14. The van der Waals surface area contributed by atoms with Crippen molar-refractivity contribution in [1.82, 2.24) is 0 Å². The summed E-state index contributed by atoms with van der Waals surface area (Å²) < 4.78 is 99.6. The maximum absolute atomic E-state index is 13.0.